The molecule has 0 bridgehead atoms. The summed E-state index contributed by atoms with van der Waals surface area (Å²) in [4.78, 5) is 17.3. The molecule has 7 heteroatoms. The molecular weight excluding hydrogens is 254 g/mol. The SMILES string of the molecule is CCNc1nc(NC2CCCC2)nc(-n2ccnc2)n1. The van der Waals surface area contributed by atoms with Crippen LogP contribution in [0.1, 0.15) is 32.6 Å². The largest absolute Gasteiger partial charge is 0.354 e. The van der Waals surface area contributed by atoms with Crippen molar-refractivity contribution in [1.29, 1.82) is 0 Å². The van der Waals surface area contributed by atoms with Crippen LogP contribution in [0.25, 0.3) is 5.95 Å². The zero-order valence-corrected chi connectivity index (χ0v) is 11.6. The summed E-state index contributed by atoms with van der Waals surface area (Å²) in [6.45, 7) is 2.79. The molecule has 0 radical (unpaired) electrons. The van der Waals surface area contributed by atoms with Crippen molar-refractivity contribution in [1.82, 2.24) is 24.5 Å². The Morgan fingerprint density at radius 3 is 2.70 bits per heavy atom. The van der Waals surface area contributed by atoms with Crippen molar-refractivity contribution in [2.45, 2.75) is 38.6 Å². The molecule has 1 aliphatic rings. The van der Waals surface area contributed by atoms with Crippen molar-refractivity contribution in [2.24, 2.45) is 0 Å². The number of nitrogens with zero attached hydrogens (tertiary/aromatic N) is 5. The van der Waals surface area contributed by atoms with Crippen LogP contribution in [0.4, 0.5) is 11.9 Å². The van der Waals surface area contributed by atoms with Gasteiger partial charge in [0, 0.05) is 25.0 Å². The van der Waals surface area contributed by atoms with Crippen molar-refractivity contribution in [2.75, 3.05) is 17.2 Å². The first kappa shape index (κ1) is 12.8. The van der Waals surface area contributed by atoms with Crippen molar-refractivity contribution >= 4 is 11.9 Å². The molecule has 3 rings (SSSR count). The first-order valence-electron chi connectivity index (χ1n) is 7.10. The van der Waals surface area contributed by atoms with Gasteiger partial charge in [-0.2, -0.15) is 15.0 Å². The second kappa shape index (κ2) is 5.85. The Morgan fingerprint density at radius 1 is 1.20 bits per heavy atom. The fraction of sp³-hybridized carbons (Fsp3) is 0.538. The Labute approximate surface area is 117 Å². The zero-order chi connectivity index (χ0) is 13.8. The Kier molecular flexibility index (Phi) is 3.76. The average Bonchev–Trinajstić information content (AvgIpc) is 3.11. The van der Waals surface area contributed by atoms with Crippen LogP contribution < -0.4 is 10.6 Å². The summed E-state index contributed by atoms with van der Waals surface area (Å²) in [5, 5.41) is 6.55. The lowest BCUT2D eigenvalue weighted by Gasteiger charge is -2.13. The van der Waals surface area contributed by atoms with Gasteiger partial charge in [-0.15, -0.1) is 0 Å². The van der Waals surface area contributed by atoms with E-state index in [-0.39, 0.29) is 0 Å². The average molecular weight is 273 g/mol. The van der Waals surface area contributed by atoms with Crippen LogP contribution in [0.15, 0.2) is 18.7 Å². The zero-order valence-electron chi connectivity index (χ0n) is 11.6. The molecule has 0 atom stereocenters. The van der Waals surface area contributed by atoms with Gasteiger partial charge in [-0.25, -0.2) is 4.98 Å². The monoisotopic (exact) mass is 273 g/mol. The summed E-state index contributed by atoms with van der Waals surface area (Å²) in [6.07, 6.45) is 10.1. The number of rotatable bonds is 5. The topological polar surface area (TPSA) is 80.5 Å². The highest BCUT2D eigenvalue weighted by Gasteiger charge is 2.17. The van der Waals surface area contributed by atoms with E-state index in [1.807, 2.05) is 13.1 Å². The summed E-state index contributed by atoms with van der Waals surface area (Å²) < 4.78 is 1.78. The van der Waals surface area contributed by atoms with Crippen LogP contribution in [-0.4, -0.2) is 37.1 Å². The number of anilines is 2. The van der Waals surface area contributed by atoms with Crippen LogP contribution in [0.2, 0.25) is 0 Å². The van der Waals surface area contributed by atoms with Gasteiger partial charge in [-0.3, -0.25) is 4.57 Å². The van der Waals surface area contributed by atoms with Gasteiger partial charge in [0.25, 0.3) is 0 Å². The third-order valence-corrected chi connectivity index (χ3v) is 3.38. The molecule has 106 valence electrons. The fourth-order valence-corrected chi connectivity index (χ4v) is 2.41. The fourth-order valence-electron chi connectivity index (χ4n) is 2.41. The maximum Gasteiger partial charge on any atom is 0.241 e. The van der Waals surface area contributed by atoms with Crippen molar-refractivity contribution in [3.63, 3.8) is 0 Å². The van der Waals surface area contributed by atoms with E-state index in [0.29, 0.717) is 23.9 Å². The Bertz CT molecular complexity index is 546. The van der Waals surface area contributed by atoms with Gasteiger partial charge < -0.3 is 10.6 Å². The molecule has 0 aliphatic heterocycles. The summed E-state index contributed by atoms with van der Waals surface area (Å²) in [5.41, 5.74) is 0. The van der Waals surface area contributed by atoms with E-state index >= 15 is 0 Å². The van der Waals surface area contributed by atoms with E-state index in [4.69, 9.17) is 0 Å². The van der Waals surface area contributed by atoms with Crippen LogP contribution in [-0.2, 0) is 0 Å². The van der Waals surface area contributed by atoms with Crippen molar-refractivity contribution in [3.05, 3.63) is 18.7 Å². The maximum atomic E-state index is 4.47. The third kappa shape index (κ3) is 2.87. The lowest BCUT2D eigenvalue weighted by atomic mass is 10.3. The number of hydrogen-bond donors (Lipinski definition) is 2. The molecule has 0 saturated heterocycles. The lowest BCUT2D eigenvalue weighted by molar-refractivity contribution is 0.739. The Morgan fingerprint density at radius 2 is 2.00 bits per heavy atom. The molecule has 2 heterocycles. The normalized spacial score (nSPS) is 15.4. The molecule has 0 spiro atoms. The number of nitrogens with one attached hydrogen (secondary N) is 2. The standard InChI is InChI=1S/C13H19N7/c1-2-15-11-17-12(16-10-5-3-4-6-10)19-13(18-11)20-8-7-14-9-20/h7-10H,2-6H2,1H3,(H2,15,16,17,18,19). The first-order chi connectivity index (χ1) is 9.85. The van der Waals surface area contributed by atoms with Crippen LogP contribution in [0.3, 0.4) is 0 Å². The highest BCUT2D eigenvalue weighted by Crippen LogP contribution is 2.21. The highest BCUT2D eigenvalue weighted by atomic mass is 15.3. The molecule has 0 unspecified atom stereocenters. The quantitative estimate of drug-likeness (QED) is 0.865. The minimum absolute atomic E-state index is 0.475. The molecule has 20 heavy (non-hydrogen) atoms. The third-order valence-electron chi connectivity index (χ3n) is 3.38. The van der Waals surface area contributed by atoms with Gasteiger partial charge in [-0.1, -0.05) is 12.8 Å². The van der Waals surface area contributed by atoms with E-state index in [1.165, 1.54) is 25.7 Å². The minimum Gasteiger partial charge on any atom is -0.354 e. The molecule has 1 aliphatic carbocycles. The van der Waals surface area contributed by atoms with Gasteiger partial charge in [0.15, 0.2) is 0 Å². The van der Waals surface area contributed by atoms with Crippen LogP contribution in [0.5, 0.6) is 0 Å². The molecular formula is C13H19N7. The predicted octanol–water partition coefficient (Wildman–Crippen LogP) is 1.84. The first-order valence-corrected chi connectivity index (χ1v) is 7.10. The van der Waals surface area contributed by atoms with E-state index in [0.717, 1.165) is 6.54 Å². The smallest absolute Gasteiger partial charge is 0.241 e. The number of hydrogen-bond acceptors (Lipinski definition) is 6. The van der Waals surface area contributed by atoms with Crippen molar-refractivity contribution < 1.29 is 0 Å². The molecule has 2 aromatic rings. The van der Waals surface area contributed by atoms with Crippen molar-refractivity contribution in [3.8, 4) is 5.95 Å². The minimum atomic E-state index is 0.475. The maximum absolute atomic E-state index is 4.47. The summed E-state index contributed by atoms with van der Waals surface area (Å²) in [5.74, 6) is 1.80. The molecule has 0 aromatic carbocycles. The van der Waals surface area contributed by atoms with Gasteiger partial charge in [0.05, 0.1) is 0 Å². The van der Waals surface area contributed by atoms with Crippen LogP contribution >= 0.6 is 0 Å². The van der Waals surface area contributed by atoms with Gasteiger partial charge >= 0.3 is 0 Å². The lowest BCUT2D eigenvalue weighted by Crippen LogP contribution is -2.19. The second-order valence-corrected chi connectivity index (χ2v) is 4.91. The summed E-state index contributed by atoms with van der Waals surface area (Å²) >= 11 is 0. The molecule has 1 fully saturated rings. The summed E-state index contributed by atoms with van der Waals surface area (Å²) in [7, 11) is 0. The molecule has 0 amide bonds. The van der Waals surface area contributed by atoms with E-state index in [1.54, 1.807) is 17.1 Å². The van der Waals surface area contributed by atoms with E-state index < -0.39 is 0 Å². The molecule has 2 N–H and O–H groups in total. The van der Waals surface area contributed by atoms with Gasteiger partial charge in [-0.05, 0) is 19.8 Å². The Hall–Kier alpha value is -2.18. The predicted molar refractivity (Wildman–Crippen MR) is 77.0 cm³/mol. The van der Waals surface area contributed by atoms with E-state index in [9.17, 15) is 0 Å². The van der Waals surface area contributed by atoms with E-state index in [2.05, 4.69) is 30.6 Å². The van der Waals surface area contributed by atoms with Crippen LogP contribution in [0, 0.1) is 0 Å². The van der Waals surface area contributed by atoms with Gasteiger partial charge in [0.2, 0.25) is 17.8 Å². The number of imidazole rings is 1. The molecule has 1 saturated carbocycles. The van der Waals surface area contributed by atoms with Gasteiger partial charge in [0.1, 0.15) is 6.33 Å². The highest BCUT2D eigenvalue weighted by molar-refractivity contribution is 5.38. The Balaban J connectivity index is 1.87. The molecule has 7 nitrogen and oxygen atoms in total. The molecule has 2 aromatic heterocycles. The second-order valence-electron chi connectivity index (χ2n) is 4.91. The number of aromatic nitrogens is 5. The summed E-state index contributed by atoms with van der Waals surface area (Å²) in [6, 6.07) is 0.475.